The number of hydrogen-bond donors (Lipinski definition) is 1. The Labute approximate surface area is 241 Å². The Balaban J connectivity index is 1.25. The van der Waals surface area contributed by atoms with Crippen LogP contribution in [-0.2, 0) is 23.5 Å². The van der Waals surface area contributed by atoms with Gasteiger partial charge in [0.05, 0.1) is 19.7 Å². The van der Waals surface area contributed by atoms with Crippen molar-refractivity contribution in [2.24, 2.45) is 0 Å². The van der Waals surface area contributed by atoms with E-state index in [1.807, 2.05) is 53.9 Å². The van der Waals surface area contributed by atoms with Crippen LogP contribution in [0.25, 0.3) is 10.2 Å². The van der Waals surface area contributed by atoms with Crippen LogP contribution >= 0.6 is 34.7 Å². The lowest BCUT2D eigenvalue weighted by molar-refractivity contribution is -0.121. The Kier molecular flexibility index (Phi) is 10.7. The Morgan fingerprint density at radius 1 is 1.08 bits per heavy atom. The summed E-state index contributed by atoms with van der Waals surface area (Å²) in [5, 5.41) is 6.29. The zero-order valence-electron chi connectivity index (χ0n) is 22.1. The van der Waals surface area contributed by atoms with Gasteiger partial charge in [-0.3, -0.25) is 14.2 Å². The summed E-state index contributed by atoms with van der Waals surface area (Å²) in [5.74, 6) is 2.03. The van der Waals surface area contributed by atoms with Crippen LogP contribution in [0.3, 0.4) is 0 Å². The smallest absolute Gasteiger partial charge is 0.272 e. The first kappa shape index (κ1) is 29.0. The molecule has 0 aliphatic carbocycles. The van der Waals surface area contributed by atoms with Gasteiger partial charge >= 0.3 is 0 Å². The molecule has 0 bridgehead atoms. The Hall–Kier alpha value is -3.01. The SMILES string of the molecule is COc1ccc(CCNC(=O)CCCCCn2c(SCc3ccccc3Cl)nc3ccsc3c2=O)cc1OC. The molecule has 206 valence electrons. The molecule has 2 aromatic heterocycles. The predicted octanol–water partition coefficient (Wildman–Crippen LogP) is 6.34. The highest BCUT2D eigenvalue weighted by Gasteiger charge is 2.14. The molecule has 0 spiro atoms. The second-order valence-electron chi connectivity index (χ2n) is 8.97. The number of rotatable bonds is 14. The molecule has 7 nitrogen and oxygen atoms in total. The molecule has 0 radical (unpaired) electrons. The van der Waals surface area contributed by atoms with Gasteiger partial charge in [0.25, 0.3) is 5.56 Å². The highest BCUT2D eigenvalue weighted by Crippen LogP contribution is 2.28. The van der Waals surface area contributed by atoms with Crippen LogP contribution in [0.5, 0.6) is 11.5 Å². The number of methoxy groups -OCH3 is 2. The van der Waals surface area contributed by atoms with Gasteiger partial charge in [-0.05, 0) is 60.0 Å². The van der Waals surface area contributed by atoms with Crippen molar-refractivity contribution >= 4 is 50.8 Å². The number of thioether (sulfide) groups is 1. The first-order valence-electron chi connectivity index (χ1n) is 12.8. The van der Waals surface area contributed by atoms with E-state index in [0.717, 1.165) is 35.9 Å². The molecule has 4 aromatic rings. The molecule has 0 saturated heterocycles. The lowest BCUT2D eigenvalue weighted by atomic mass is 10.1. The van der Waals surface area contributed by atoms with E-state index >= 15 is 0 Å². The summed E-state index contributed by atoms with van der Waals surface area (Å²) < 4.78 is 13.0. The largest absolute Gasteiger partial charge is 0.493 e. The summed E-state index contributed by atoms with van der Waals surface area (Å²) in [6.07, 6.45) is 3.55. The molecule has 1 N–H and O–H groups in total. The summed E-state index contributed by atoms with van der Waals surface area (Å²) in [6, 6.07) is 15.4. The maximum Gasteiger partial charge on any atom is 0.272 e. The Morgan fingerprint density at radius 3 is 2.69 bits per heavy atom. The maximum absolute atomic E-state index is 13.2. The van der Waals surface area contributed by atoms with E-state index in [1.165, 1.54) is 23.1 Å². The van der Waals surface area contributed by atoms with E-state index in [1.54, 1.807) is 18.8 Å². The van der Waals surface area contributed by atoms with Crippen molar-refractivity contribution in [3.05, 3.63) is 80.4 Å². The van der Waals surface area contributed by atoms with Crippen molar-refractivity contribution in [1.29, 1.82) is 0 Å². The molecular weight excluding hydrogens is 554 g/mol. The molecule has 0 unspecified atom stereocenters. The number of amides is 1. The van der Waals surface area contributed by atoms with Gasteiger partial charge in [-0.25, -0.2) is 4.98 Å². The third-order valence-corrected chi connectivity index (χ3v) is 8.60. The van der Waals surface area contributed by atoms with Gasteiger partial charge in [0.1, 0.15) is 4.70 Å². The summed E-state index contributed by atoms with van der Waals surface area (Å²) in [7, 11) is 3.21. The monoisotopic (exact) mass is 585 g/mol. The molecule has 1 amide bonds. The topological polar surface area (TPSA) is 82.5 Å². The van der Waals surface area contributed by atoms with Gasteiger partial charge in [-0.1, -0.05) is 54.0 Å². The number of fused-ring (bicyclic) bond motifs is 1. The molecular formula is C29H32ClN3O4S2. The minimum absolute atomic E-state index is 0.00966. The number of carbonyl (C=O) groups is 1. The third kappa shape index (κ3) is 7.77. The van der Waals surface area contributed by atoms with E-state index in [0.29, 0.717) is 58.1 Å². The fourth-order valence-corrected chi connectivity index (χ4v) is 6.28. The number of halogens is 1. The number of unbranched alkanes of at least 4 members (excludes halogenated alkanes) is 2. The van der Waals surface area contributed by atoms with Gasteiger partial charge < -0.3 is 14.8 Å². The van der Waals surface area contributed by atoms with Crippen molar-refractivity contribution in [1.82, 2.24) is 14.9 Å². The van der Waals surface area contributed by atoms with Crippen molar-refractivity contribution in [3.63, 3.8) is 0 Å². The number of benzene rings is 2. The number of nitrogens with one attached hydrogen (secondary N) is 1. The fraction of sp³-hybridized carbons (Fsp3) is 0.345. The van der Waals surface area contributed by atoms with E-state index in [2.05, 4.69) is 5.32 Å². The van der Waals surface area contributed by atoms with E-state index in [4.69, 9.17) is 26.1 Å². The highest BCUT2D eigenvalue weighted by molar-refractivity contribution is 7.98. The number of thiophene rings is 1. The molecule has 0 aliphatic heterocycles. The van der Waals surface area contributed by atoms with Crippen LogP contribution in [0.2, 0.25) is 5.02 Å². The van der Waals surface area contributed by atoms with Crippen LogP contribution in [0.15, 0.2) is 63.9 Å². The standard InChI is InChI=1S/C29H32ClN3O4S2/c1-36-24-12-11-20(18-25(24)37-2)13-15-31-26(34)10-4-3-7-16-33-28(35)27-23(14-17-38-27)32-29(33)39-19-21-8-5-6-9-22(21)30/h5-6,8-9,11-12,14,17-18H,3-4,7,10,13,15-16,19H2,1-2H3,(H,31,34). The molecule has 0 fully saturated rings. The lowest BCUT2D eigenvalue weighted by Crippen LogP contribution is -2.25. The molecule has 2 heterocycles. The Morgan fingerprint density at radius 2 is 1.90 bits per heavy atom. The average molecular weight is 586 g/mol. The van der Waals surface area contributed by atoms with Crippen LogP contribution < -0.4 is 20.3 Å². The summed E-state index contributed by atoms with van der Waals surface area (Å²) in [5.41, 5.74) is 2.79. The van der Waals surface area contributed by atoms with Crippen LogP contribution in [0.1, 0.15) is 36.8 Å². The minimum Gasteiger partial charge on any atom is -0.493 e. The van der Waals surface area contributed by atoms with Gasteiger partial charge in [-0.2, -0.15) is 0 Å². The van der Waals surface area contributed by atoms with Crippen molar-refractivity contribution in [3.8, 4) is 11.5 Å². The first-order chi connectivity index (χ1) is 19.0. The molecule has 0 saturated carbocycles. The average Bonchev–Trinajstić information content (AvgIpc) is 3.42. The number of aromatic nitrogens is 2. The van der Waals surface area contributed by atoms with E-state index in [9.17, 15) is 9.59 Å². The fourth-order valence-electron chi connectivity index (χ4n) is 4.19. The minimum atomic E-state index is -0.00966. The number of carbonyl (C=O) groups excluding carboxylic acids is 1. The van der Waals surface area contributed by atoms with Gasteiger partial charge in [0.15, 0.2) is 16.7 Å². The normalized spacial score (nSPS) is 11.1. The summed E-state index contributed by atoms with van der Waals surface area (Å²) >= 11 is 9.27. The lowest BCUT2D eigenvalue weighted by Gasteiger charge is -2.12. The van der Waals surface area contributed by atoms with Gasteiger partial charge in [-0.15, -0.1) is 11.3 Å². The molecule has 0 atom stereocenters. The van der Waals surface area contributed by atoms with Crippen molar-refractivity contribution in [2.45, 2.75) is 49.6 Å². The quantitative estimate of drug-likeness (QED) is 0.106. The zero-order chi connectivity index (χ0) is 27.6. The van der Waals surface area contributed by atoms with Crippen molar-refractivity contribution < 1.29 is 14.3 Å². The molecule has 4 rings (SSSR count). The highest BCUT2D eigenvalue weighted by atomic mass is 35.5. The van der Waals surface area contributed by atoms with Crippen LogP contribution in [0, 0.1) is 0 Å². The molecule has 0 aliphatic rings. The van der Waals surface area contributed by atoms with Gasteiger partial charge in [0.2, 0.25) is 5.91 Å². The van der Waals surface area contributed by atoms with E-state index < -0.39 is 0 Å². The van der Waals surface area contributed by atoms with Crippen LogP contribution in [-0.4, -0.2) is 36.2 Å². The van der Waals surface area contributed by atoms with Crippen LogP contribution in [0.4, 0.5) is 0 Å². The second-order valence-corrected chi connectivity index (χ2v) is 11.2. The number of ether oxygens (including phenoxy) is 2. The predicted molar refractivity (Wildman–Crippen MR) is 160 cm³/mol. The maximum atomic E-state index is 13.2. The first-order valence-corrected chi connectivity index (χ1v) is 15.1. The molecule has 39 heavy (non-hydrogen) atoms. The number of hydrogen-bond acceptors (Lipinski definition) is 7. The summed E-state index contributed by atoms with van der Waals surface area (Å²) in [4.78, 5) is 30.3. The van der Waals surface area contributed by atoms with Gasteiger partial charge in [0, 0.05) is 30.3 Å². The second kappa shape index (κ2) is 14.4. The third-order valence-electron chi connectivity index (χ3n) is 6.31. The summed E-state index contributed by atoms with van der Waals surface area (Å²) in [6.45, 7) is 1.12. The zero-order valence-corrected chi connectivity index (χ0v) is 24.5. The number of nitrogens with zero attached hydrogens (tertiary/aromatic N) is 2. The molecule has 2 aromatic carbocycles. The van der Waals surface area contributed by atoms with E-state index in [-0.39, 0.29) is 11.5 Å². The van der Waals surface area contributed by atoms with Crippen molar-refractivity contribution in [2.75, 3.05) is 20.8 Å². The Bertz CT molecular complexity index is 1470. The molecule has 10 heteroatoms.